The van der Waals surface area contributed by atoms with Crippen LogP contribution in [0.2, 0.25) is 0 Å². The van der Waals surface area contributed by atoms with Gasteiger partial charge in [-0.15, -0.1) is 0 Å². The number of hydrogen-bond acceptors (Lipinski definition) is 2. The minimum absolute atomic E-state index is 0.163. The molecule has 0 aromatic carbocycles. The van der Waals surface area contributed by atoms with Crippen LogP contribution in [0.25, 0.3) is 0 Å². The summed E-state index contributed by atoms with van der Waals surface area (Å²) in [5.74, 6) is 0.647. The molecule has 0 aliphatic carbocycles. The monoisotopic (exact) mass is 171 g/mol. The van der Waals surface area contributed by atoms with Gasteiger partial charge in [-0.2, -0.15) is 0 Å². The van der Waals surface area contributed by atoms with Crippen LogP contribution in [0.1, 0.15) is 32.6 Å². The van der Waals surface area contributed by atoms with Crippen molar-refractivity contribution in [3.63, 3.8) is 0 Å². The maximum atomic E-state index is 11.0. The molecule has 1 aliphatic rings. The molecule has 1 rings (SSSR count). The molecule has 3 heteroatoms. The lowest BCUT2D eigenvalue weighted by molar-refractivity contribution is -0.124. The molecule has 0 unspecified atom stereocenters. The van der Waals surface area contributed by atoms with Gasteiger partial charge in [-0.25, -0.2) is 0 Å². The van der Waals surface area contributed by atoms with Crippen LogP contribution >= 0.6 is 0 Å². The summed E-state index contributed by atoms with van der Waals surface area (Å²) in [6, 6.07) is 0.290. The van der Waals surface area contributed by atoms with E-state index in [0.717, 1.165) is 19.3 Å². The SMILES string of the molecule is CC[C@H]1NC(=O)CC[C@@H]1CCO. The average molecular weight is 171 g/mol. The van der Waals surface area contributed by atoms with E-state index in [1.807, 2.05) is 0 Å². The fourth-order valence-corrected chi connectivity index (χ4v) is 1.86. The number of piperidine rings is 1. The third-order valence-corrected chi connectivity index (χ3v) is 2.60. The Bertz CT molecular complexity index is 159. The van der Waals surface area contributed by atoms with Crippen molar-refractivity contribution in [3.05, 3.63) is 0 Å². The van der Waals surface area contributed by atoms with Gasteiger partial charge in [0, 0.05) is 19.1 Å². The van der Waals surface area contributed by atoms with Crippen LogP contribution in [0.15, 0.2) is 0 Å². The molecule has 1 amide bonds. The van der Waals surface area contributed by atoms with Crippen LogP contribution in [0.4, 0.5) is 0 Å². The predicted molar refractivity (Wildman–Crippen MR) is 46.6 cm³/mol. The molecule has 3 nitrogen and oxygen atoms in total. The summed E-state index contributed by atoms with van der Waals surface area (Å²) in [7, 11) is 0. The summed E-state index contributed by atoms with van der Waals surface area (Å²) in [6.45, 7) is 2.30. The Morgan fingerprint density at radius 2 is 2.42 bits per heavy atom. The normalized spacial score (nSPS) is 30.0. The van der Waals surface area contributed by atoms with Gasteiger partial charge in [0.25, 0.3) is 0 Å². The van der Waals surface area contributed by atoms with Crippen molar-refractivity contribution >= 4 is 5.91 Å². The Labute approximate surface area is 73.2 Å². The number of nitrogens with one attached hydrogen (secondary N) is 1. The number of hydrogen-bond donors (Lipinski definition) is 2. The second-order valence-electron chi connectivity index (χ2n) is 3.39. The van der Waals surface area contributed by atoms with Crippen molar-refractivity contribution in [2.75, 3.05) is 6.61 Å². The first kappa shape index (κ1) is 9.52. The van der Waals surface area contributed by atoms with Crippen LogP contribution in [0, 0.1) is 5.92 Å². The molecule has 2 atom stereocenters. The summed E-state index contributed by atoms with van der Waals surface area (Å²) in [4.78, 5) is 11.0. The van der Waals surface area contributed by atoms with Crippen molar-refractivity contribution in [2.45, 2.75) is 38.6 Å². The number of carbonyl (C=O) groups is 1. The van der Waals surface area contributed by atoms with Gasteiger partial charge in [-0.05, 0) is 25.2 Å². The fraction of sp³-hybridized carbons (Fsp3) is 0.889. The van der Waals surface area contributed by atoms with E-state index in [1.54, 1.807) is 0 Å². The van der Waals surface area contributed by atoms with Gasteiger partial charge >= 0.3 is 0 Å². The van der Waals surface area contributed by atoms with E-state index in [4.69, 9.17) is 5.11 Å². The maximum absolute atomic E-state index is 11.0. The van der Waals surface area contributed by atoms with E-state index in [1.165, 1.54) is 0 Å². The van der Waals surface area contributed by atoms with Crippen LogP contribution in [-0.2, 0) is 4.79 Å². The zero-order valence-electron chi connectivity index (χ0n) is 7.55. The van der Waals surface area contributed by atoms with Crippen molar-refractivity contribution in [2.24, 2.45) is 5.92 Å². The number of aliphatic hydroxyl groups is 1. The first-order valence-corrected chi connectivity index (χ1v) is 4.68. The van der Waals surface area contributed by atoms with Crippen LogP contribution in [0.3, 0.4) is 0 Å². The Morgan fingerprint density at radius 1 is 1.67 bits per heavy atom. The van der Waals surface area contributed by atoms with Gasteiger partial charge in [-0.1, -0.05) is 6.92 Å². The highest BCUT2D eigenvalue weighted by atomic mass is 16.3. The van der Waals surface area contributed by atoms with Gasteiger partial charge in [0.05, 0.1) is 0 Å². The Balaban J connectivity index is 2.44. The summed E-state index contributed by atoms with van der Waals surface area (Å²) >= 11 is 0. The Morgan fingerprint density at radius 3 is 3.00 bits per heavy atom. The van der Waals surface area contributed by atoms with E-state index in [-0.39, 0.29) is 12.5 Å². The van der Waals surface area contributed by atoms with E-state index >= 15 is 0 Å². The molecule has 0 saturated carbocycles. The highest BCUT2D eigenvalue weighted by Crippen LogP contribution is 2.22. The summed E-state index contributed by atoms with van der Waals surface area (Å²) in [5, 5.41) is 11.7. The second kappa shape index (κ2) is 4.45. The molecule has 70 valence electrons. The minimum Gasteiger partial charge on any atom is -0.396 e. The summed E-state index contributed by atoms with van der Waals surface area (Å²) < 4.78 is 0. The lowest BCUT2D eigenvalue weighted by atomic mass is 9.87. The van der Waals surface area contributed by atoms with E-state index in [0.29, 0.717) is 18.4 Å². The molecular weight excluding hydrogens is 154 g/mol. The van der Waals surface area contributed by atoms with Crippen molar-refractivity contribution in [3.8, 4) is 0 Å². The zero-order chi connectivity index (χ0) is 8.97. The topological polar surface area (TPSA) is 49.3 Å². The van der Waals surface area contributed by atoms with Crippen LogP contribution in [0.5, 0.6) is 0 Å². The van der Waals surface area contributed by atoms with E-state index in [2.05, 4.69) is 12.2 Å². The lowest BCUT2D eigenvalue weighted by Gasteiger charge is -2.31. The molecule has 1 heterocycles. The van der Waals surface area contributed by atoms with Crippen LogP contribution in [-0.4, -0.2) is 23.7 Å². The van der Waals surface area contributed by atoms with E-state index < -0.39 is 0 Å². The molecule has 0 bridgehead atoms. The largest absolute Gasteiger partial charge is 0.396 e. The molecule has 0 aromatic heterocycles. The number of amides is 1. The van der Waals surface area contributed by atoms with Gasteiger partial charge in [0.1, 0.15) is 0 Å². The predicted octanol–water partition coefficient (Wildman–Crippen LogP) is 0.674. The highest BCUT2D eigenvalue weighted by molar-refractivity contribution is 5.77. The molecule has 0 spiro atoms. The van der Waals surface area contributed by atoms with Gasteiger partial charge in [0.2, 0.25) is 5.91 Å². The summed E-state index contributed by atoms with van der Waals surface area (Å²) in [6.07, 6.45) is 3.35. The molecule has 1 saturated heterocycles. The molecule has 2 N–H and O–H groups in total. The Hall–Kier alpha value is -0.570. The van der Waals surface area contributed by atoms with E-state index in [9.17, 15) is 4.79 Å². The molecule has 1 aliphatic heterocycles. The first-order chi connectivity index (χ1) is 5.77. The first-order valence-electron chi connectivity index (χ1n) is 4.68. The van der Waals surface area contributed by atoms with Gasteiger partial charge in [0.15, 0.2) is 0 Å². The van der Waals surface area contributed by atoms with Crippen molar-refractivity contribution < 1.29 is 9.90 Å². The standard InChI is InChI=1S/C9H17NO2/c1-2-8-7(5-6-11)3-4-9(12)10-8/h7-8,11H,2-6H2,1H3,(H,10,12)/t7-,8-/m1/s1. The minimum atomic E-state index is 0.163. The highest BCUT2D eigenvalue weighted by Gasteiger charge is 2.26. The maximum Gasteiger partial charge on any atom is 0.220 e. The molecule has 0 aromatic rings. The van der Waals surface area contributed by atoms with Gasteiger partial charge in [-0.3, -0.25) is 4.79 Å². The quantitative estimate of drug-likeness (QED) is 0.656. The lowest BCUT2D eigenvalue weighted by Crippen LogP contribution is -2.44. The second-order valence-corrected chi connectivity index (χ2v) is 3.39. The summed E-state index contributed by atoms with van der Waals surface area (Å²) in [5.41, 5.74) is 0. The Kier molecular flexibility index (Phi) is 3.53. The smallest absolute Gasteiger partial charge is 0.220 e. The van der Waals surface area contributed by atoms with Gasteiger partial charge < -0.3 is 10.4 Å². The van der Waals surface area contributed by atoms with Crippen molar-refractivity contribution in [1.82, 2.24) is 5.32 Å². The fourth-order valence-electron chi connectivity index (χ4n) is 1.86. The molecular formula is C9H17NO2. The third-order valence-electron chi connectivity index (χ3n) is 2.60. The molecule has 1 fully saturated rings. The molecule has 12 heavy (non-hydrogen) atoms. The zero-order valence-corrected chi connectivity index (χ0v) is 7.55. The van der Waals surface area contributed by atoms with Crippen molar-refractivity contribution in [1.29, 1.82) is 0 Å². The molecule has 0 radical (unpaired) electrons. The number of rotatable bonds is 3. The van der Waals surface area contributed by atoms with Crippen LogP contribution < -0.4 is 5.32 Å². The number of carbonyl (C=O) groups excluding carboxylic acids is 1. The number of aliphatic hydroxyl groups excluding tert-OH is 1. The third kappa shape index (κ3) is 2.21. The average Bonchev–Trinajstić information content (AvgIpc) is 2.08.